The molecule has 0 unspecified atom stereocenters. The van der Waals surface area contributed by atoms with Gasteiger partial charge in [0.05, 0.1) is 5.69 Å². The van der Waals surface area contributed by atoms with Crippen LogP contribution >= 0.6 is 23.5 Å². The van der Waals surface area contributed by atoms with Gasteiger partial charge < -0.3 is 5.73 Å². The molecular formula is C15H19NS2. The van der Waals surface area contributed by atoms with E-state index in [1.165, 1.54) is 5.56 Å². The molecule has 0 bridgehead atoms. The first-order valence-corrected chi connectivity index (χ1v) is 7.70. The molecule has 2 N–H and O–H groups in total. The van der Waals surface area contributed by atoms with Gasteiger partial charge in [-0.15, -0.1) is 43.3 Å². The molecule has 0 aliphatic heterocycles. The Morgan fingerprint density at radius 1 is 0.944 bits per heavy atom. The molecule has 0 heterocycles. The molecule has 0 saturated carbocycles. The van der Waals surface area contributed by atoms with Crippen LogP contribution in [0.2, 0.25) is 0 Å². The van der Waals surface area contributed by atoms with E-state index in [0.717, 1.165) is 33.4 Å². The summed E-state index contributed by atoms with van der Waals surface area (Å²) in [5, 5.41) is 0. The number of hydrogen-bond acceptors (Lipinski definition) is 3. The average Bonchev–Trinajstić information content (AvgIpc) is 2.37. The zero-order valence-corrected chi connectivity index (χ0v) is 12.2. The number of anilines is 1. The molecule has 1 nitrogen and oxygen atoms in total. The Kier molecular flexibility index (Phi) is 6.76. The summed E-state index contributed by atoms with van der Waals surface area (Å²) in [4.78, 5) is 2.25. The highest BCUT2D eigenvalue weighted by Gasteiger charge is 2.08. The van der Waals surface area contributed by atoms with E-state index in [2.05, 4.69) is 31.9 Å². The lowest BCUT2D eigenvalue weighted by molar-refractivity contribution is 1.19. The van der Waals surface area contributed by atoms with Crippen molar-refractivity contribution in [2.75, 3.05) is 17.2 Å². The van der Waals surface area contributed by atoms with Crippen molar-refractivity contribution in [1.29, 1.82) is 0 Å². The Labute approximate surface area is 118 Å². The van der Waals surface area contributed by atoms with Gasteiger partial charge in [-0.2, -0.15) is 0 Å². The van der Waals surface area contributed by atoms with Gasteiger partial charge in [0, 0.05) is 21.3 Å². The van der Waals surface area contributed by atoms with E-state index in [-0.39, 0.29) is 0 Å². The second kappa shape index (κ2) is 8.11. The summed E-state index contributed by atoms with van der Waals surface area (Å²) >= 11 is 3.44. The summed E-state index contributed by atoms with van der Waals surface area (Å²) in [6, 6.07) is 4.28. The molecule has 0 spiro atoms. The maximum atomic E-state index is 6.19. The van der Waals surface area contributed by atoms with Crippen LogP contribution in [0.5, 0.6) is 0 Å². The smallest absolute Gasteiger partial charge is 0.0590 e. The van der Waals surface area contributed by atoms with Crippen molar-refractivity contribution in [2.45, 2.75) is 16.2 Å². The summed E-state index contributed by atoms with van der Waals surface area (Å²) < 4.78 is 0. The molecule has 0 amide bonds. The molecule has 3 heteroatoms. The minimum atomic E-state index is 0.863. The lowest BCUT2D eigenvalue weighted by Gasteiger charge is -2.12. The van der Waals surface area contributed by atoms with Crippen molar-refractivity contribution in [3.05, 3.63) is 55.7 Å². The van der Waals surface area contributed by atoms with Crippen LogP contribution in [0.25, 0.3) is 0 Å². The fourth-order valence-electron chi connectivity index (χ4n) is 1.48. The van der Waals surface area contributed by atoms with E-state index >= 15 is 0 Å². The topological polar surface area (TPSA) is 26.0 Å². The molecule has 1 rings (SSSR count). The van der Waals surface area contributed by atoms with Gasteiger partial charge in [0.2, 0.25) is 0 Å². The Balaban J connectivity index is 3.05. The Morgan fingerprint density at radius 2 is 1.44 bits per heavy atom. The van der Waals surface area contributed by atoms with Crippen LogP contribution in [-0.4, -0.2) is 11.5 Å². The number of benzene rings is 1. The second-order valence-electron chi connectivity index (χ2n) is 3.70. The predicted octanol–water partition coefficient (Wildman–Crippen LogP) is 4.55. The van der Waals surface area contributed by atoms with Crippen molar-refractivity contribution in [3.8, 4) is 0 Å². The molecule has 0 radical (unpaired) electrons. The van der Waals surface area contributed by atoms with E-state index < -0.39 is 0 Å². The normalized spacial score (nSPS) is 10.0. The first-order chi connectivity index (χ1) is 8.72. The van der Waals surface area contributed by atoms with E-state index in [1.54, 1.807) is 23.5 Å². The number of nitrogens with two attached hydrogens (primary N) is 1. The molecule has 0 fully saturated rings. The molecule has 0 saturated heterocycles. The molecule has 0 atom stereocenters. The SMILES string of the molecule is C=CCSc1cc(CC=C)cc(SCC=C)c1N. The number of rotatable bonds is 8. The standard InChI is InChI=1S/C15H19NS2/c1-4-7-12-10-13(17-8-5-2)15(16)14(11-12)18-9-6-3/h4-6,10-11H,1-3,7-9,16H2. The average molecular weight is 277 g/mol. The van der Waals surface area contributed by atoms with E-state index in [1.807, 2.05) is 18.2 Å². The number of allylic oxidation sites excluding steroid dienone is 1. The fourth-order valence-corrected chi connectivity index (χ4v) is 3.14. The van der Waals surface area contributed by atoms with E-state index in [0.29, 0.717) is 0 Å². The first-order valence-electron chi connectivity index (χ1n) is 5.73. The quantitative estimate of drug-likeness (QED) is 0.429. The molecule has 18 heavy (non-hydrogen) atoms. The van der Waals surface area contributed by atoms with Crippen LogP contribution in [0.1, 0.15) is 5.56 Å². The van der Waals surface area contributed by atoms with Gasteiger partial charge >= 0.3 is 0 Å². The van der Waals surface area contributed by atoms with Crippen LogP contribution in [0.3, 0.4) is 0 Å². The van der Waals surface area contributed by atoms with E-state index in [4.69, 9.17) is 5.73 Å². The number of thioether (sulfide) groups is 2. The lowest BCUT2D eigenvalue weighted by atomic mass is 10.1. The third-order valence-electron chi connectivity index (χ3n) is 2.26. The molecule has 0 aliphatic carbocycles. The summed E-state index contributed by atoms with van der Waals surface area (Å²) in [5.41, 5.74) is 8.30. The Hall–Kier alpha value is -1.06. The van der Waals surface area contributed by atoms with Gasteiger partial charge in [0.25, 0.3) is 0 Å². The van der Waals surface area contributed by atoms with Crippen molar-refractivity contribution >= 4 is 29.2 Å². The van der Waals surface area contributed by atoms with Gasteiger partial charge in [0.15, 0.2) is 0 Å². The van der Waals surface area contributed by atoms with Crippen molar-refractivity contribution in [3.63, 3.8) is 0 Å². The number of nitrogen functional groups attached to an aromatic ring is 1. The minimum Gasteiger partial charge on any atom is -0.397 e. The van der Waals surface area contributed by atoms with Crippen LogP contribution in [0.15, 0.2) is 59.9 Å². The van der Waals surface area contributed by atoms with Crippen molar-refractivity contribution in [1.82, 2.24) is 0 Å². The van der Waals surface area contributed by atoms with Gasteiger partial charge in [0.1, 0.15) is 0 Å². The van der Waals surface area contributed by atoms with Gasteiger partial charge in [-0.1, -0.05) is 18.2 Å². The predicted molar refractivity (Wildman–Crippen MR) is 86.6 cm³/mol. The summed E-state index contributed by atoms with van der Waals surface area (Å²) in [6.07, 6.45) is 6.56. The maximum absolute atomic E-state index is 6.19. The van der Waals surface area contributed by atoms with Crippen molar-refractivity contribution in [2.24, 2.45) is 0 Å². The highest BCUT2D eigenvalue weighted by Crippen LogP contribution is 2.35. The molecule has 1 aromatic carbocycles. The van der Waals surface area contributed by atoms with Crippen LogP contribution < -0.4 is 5.73 Å². The summed E-state index contributed by atoms with van der Waals surface area (Å²) in [5.74, 6) is 1.74. The highest BCUT2D eigenvalue weighted by atomic mass is 32.2. The molecule has 0 aromatic heterocycles. The monoisotopic (exact) mass is 277 g/mol. The maximum Gasteiger partial charge on any atom is 0.0590 e. The Morgan fingerprint density at radius 3 is 1.83 bits per heavy atom. The van der Waals surface area contributed by atoms with Gasteiger partial charge in [-0.25, -0.2) is 0 Å². The number of hydrogen-bond donors (Lipinski definition) is 1. The molecular weight excluding hydrogens is 258 g/mol. The molecule has 0 aliphatic rings. The van der Waals surface area contributed by atoms with Gasteiger partial charge in [-0.3, -0.25) is 0 Å². The third-order valence-corrected chi connectivity index (χ3v) is 4.36. The third kappa shape index (κ3) is 4.31. The molecule has 96 valence electrons. The summed E-state index contributed by atoms with van der Waals surface area (Å²) in [7, 11) is 0. The van der Waals surface area contributed by atoms with Crippen molar-refractivity contribution < 1.29 is 0 Å². The fraction of sp³-hybridized carbons (Fsp3) is 0.200. The van der Waals surface area contributed by atoms with E-state index in [9.17, 15) is 0 Å². The largest absolute Gasteiger partial charge is 0.397 e. The zero-order valence-electron chi connectivity index (χ0n) is 10.5. The second-order valence-corrected chi connectivity index (χ2v) is 5.82. The van der Waals surface area contributed by atoms with Crippen LogP contribution in [0.4, 0.5) is 5.69 Å². The first kappa shape index (κ1) is 15.0. The molecule has 1 aromatic rings. The van der Waals surface area contributed by atoms with Gasteiger partial charge in [-0.05, 0) is 24.1 Å². The lowest BCUT2D eigenvalue weighted by Crippen LogP contribution is -1.95. The summed E-state index contributed by atoms with van der Waals surface area (Å²) in [6.45, 7) is 11.3. The highest BCUT2D eigenvalue weighted by molar-refractivity contribution is 8.00. The zero-order chi connectivity index (χ0) is 13.4. The Bertz CT molecular complexity index is 405. The van der Waals surface area contributed by atoms with Crippen LogP contribution in [-0.2, 0) is 6.42 Å². The minimum absolute atomic E-state index is 0.863. The van der Waals surface area contributed by atoms with Crippen LogP contribution in [0, 0.1) is 0 Å².